The molecule has 0 aromatic carbocycles. The summed E-state index contributed by atoms with van der Waals surface area (Å²) in [5.74, 6) is 0.911. The third-order valence-corrected chi connectivity index (χ3v) is 4.59. The van der Waals surface area contributed by atoms with Crippen molar-refractivity contribution in [2.45, 2.75) is 51.9 Å². The van der Waals surface area contributed by atoms with Gasteiger partial charge in [0.25, 0.3) is 0 Å². The van der Waals surface area contributed by atoms with E-state index in [1.54, 1.807) is 0 Å². The van der Waals surface area contributed by atoms with Crippen LogP contribution in [0.4, 0.5) is 0 Å². The molecule has 1 saturated carbocycles. The van der Waals surface area contributed by atoms with Gasteiger partial charge in [0.2, 0.25) is 5.91 Å². The summed E-state index contributed by atoms with van der Waals surface area (Å²) in [6, 6.07) is 0. The maximum Gasteiger partial charge on any atom is 0.236 e. The predicted octanol–water partition coefficient (Wildman–Crippen LogP) is 1.94. The quantitative estimate of drug-likeness (QED) is 0.353. The van der Waals surface area contributed by atoms with Crippen LogP contribution in [-0.2, 0) is 4.79 Å². The SMILES string of the molecule is CCCC1CCCN(C(=O)C2(C(N)=NO)CC2)CC1. The highest BCUT2D eigenvalue weighted by molar-refractivity contribution is 6.09. The fourth-order valence-corrected chi connectivity index (χ4v) is 3.17. The van der Waals surface area contributed by atoms with E-state index in [0.717, 1.165) is 44.7 Å². The molecule has 108 valence electrons. The Hall–Kier alpha value is -1.26. The summed E-state index contributed by atoms with van der Waals surface area (Å²) in [5, 5.41) is 11.9. The molecule has 2 rings (SSSR count). The van der Waals surface area contributed by atoms with E-state index in [9.17, 15) is 4.79 Å². The van der Waals surface area contributed by atoms with Crippen molar-refractivity contribution in [2.24, 2.45) is 22.2 Å². The number of hydrogen-bond donors (Lipinski definition) is 2. The van der Waals surface area contributed by atoms with Crippen molar-refractivity contribution < 1.29 is 10.0 Å². The molecule has 1 unspecified atom stereocenters. The van der Waals surface area contributed by atoms with Crippen molar-refractivity contribution in [2.75, 3.05) is 13.1 Å². The van der Waals surface area contributed by atoms with Crippen LogP contribution in [0.25, 0.3) is 0 Å². The van der Waals surface area contributed by atoms with Gasteiger partial charge in [-0.05, 0) is 38.0 Å². The van der Waals surface area contributed by atoms with Crippen molar-refractivity contribution in [1.29, 1.82) is 0 Å². The van der Waals surface area contributed by atoms with Gasteiger partial charge in [-0.1, -0.05) is 24.9 Å². The van der Waals surface area contributed by atoms with Gasteiger partial charge in [-0.3, -0.25) is 4.79 Å². The molecule has 0 spiro atoms. The number of amides is 1. The van der Waals surface area contributed by atoms with Gasteiger partial charge in [-0.2, -0.15) is 0 Å². The molecular formula is C14H25N3O2. The third-order valence-electron chi connectivity index (χ3n) is 4.59. The van der Waals surface area contributed by atoms with Crippen LogP contribution in [0.1, 0.15) is 51.9 Å². The molecule has 0 aromatic rings. The number of nitrogens with zero attached hydrogens (tertiary/aromatic N) is 2. The van der Waals surface area contributed by atoms with Crippen molar-refractivity contribution in [3.8, 4) is 0 Å². The molecule has 1 aliphatic carbocycles. The summed E-state index contributed by atoms with van der Waals surface area (Å²) in [5.41, 5.74) is 5.01. The first-order valence-electron chi connectivity index (χ1n) is 7.41. The van der Waals surface area contributed by atoms with E-state index >= 15 is 0 Å². The highest BCUT2D eigenvalue weighted by atomic mass is 16.4. The van der Waals surface area contributed by atoms with E-state index in [0.29, 0.717) is 0 Å². The lowest BCUT2D eigenvalue weighted by molar-refractivity contribution is -0.134. The molecule has 1 aliphatic heterocycles. The largest absolute Gasteiger partial charge is 0.409 e. The van der Waals surface area contributed by atoms with Gasteiger partial charge in [0.05, 0.1) is 0 Å². The predicted molar refractivity (Wildman–Crippen MR) is 73.9 cm³/mol. The first-order valence-corrected chi connectivity index (χ1v) is 7.41. The third kappa shape index (κ3) is 2.85. The molecule has 19 heavy (non-hydrogen) atoms. The van der Waals surface area contributed by atoms with Gasteiger partial charge in [-0.15, -0.1) is 0 Å². The Bertz CT molecular complexity index is 364. The van der Waals surface area contributed by atoms with Gasteiger partial charge in [0.15, 0.2) is 5.84 Å². The summed E-state index contributed by atoms with van der Waals surface area (Å²) in [6.45, 7) is 3.86. The molecule has 5 nitrogen and oxygen atoms in total. The molecule has 5 heteroatoms. The molecule has 1 atom stereocenters. The summed E-state index contributed by atoms with van der Waals surface area (Å²) in [6.07, 6.45) is 7.29. The second-order valence-corrected chi connectivity index (χ2v) is 5.95. The first kappa shape index (κ1) is 14.2. The fraction of sp³-hybridized carbons (Fsp3) is 0.857. The molecule has 1 heterocycles. The number of likely N-dealkylation sites (tertiary alicyclic amines) is 1. The van der Waals surface area contributed by atoms with E-state index in [2.05, 4.69) is 12.1 Å². The number of oxime groups is 1. The van der Waals surface area contributed by atoms with Crippen LogP contribution >= 0.6 is 0 Å². The van der Waals surface area contributed by atoms with Crippen molar-refractivity contribution in [3.05, 3.63) is 0 Å². The number of carbonyl (C=O) groups excluding carboxylic acids is 1. The van der Waals surface area contributed by atoms with Gasteiger partial charge >= 0.3 is 0 Å². The Balaban J connectivity index is 1.97. The average Bonchev–Trinajstić information content (AvgIpc) is 3.22. The summed E-state index contributed by atoms with van der Waals surface area (Å²) in [4.78, 5) is 14.5. The average molecular weight is 267 g/mol. The maximum atomic E-state index is 12.6. The normalized spacial score (nSPS) is 26.9. The van der Waals surface area contributed by atoms with Gasteiger partial charge < -0.3 is 15.8 Å². The Morgan fingerprint density at radius 1 is 1.42 bits per heavy atom. The Morgan fingerprint density at radius 3 is 2.74 bits per heavy atom. The minimum Gasteiger partial charge on any atom is -0.409 e. The number of rotatable bonds is 4. The van der Waals surface area contributed by atoms with Crippen LogP contribution in [0.5, 0.6) is 0 Å². The molecule has 0 radical (unpaired) electrons. The van der Waals surface area contributed by atoms with Crippen LogP contribution in [0.2, 0.25) is 0 Å². The van der Waals surface area contributed by atoms with Crippen LogP contribution in [0.15, 0.2) is 5.16 Å². The number of amidine groups is 1. The number of nitrogens with two attached hydrogens (primary N) is 1. The van der Waals surface area contributed by atoms with Gasteiger partial charge in [0, 0.05) is 13.1 Å². The standard InChI is InChI=1S/C14H25N3O2/c1-2-4-11-5-3-9-17(10-6-11)13(18)14(7-8-14)12(15)16-19/h11,19H,2-10H2,1H3,(H2,15,16). The van der Waals surface area contributed by atoms with Crippen LogP contribution in [-0.4, -0.2) is 34.9 Å². The molecule has 1 amide bonds. The van der Waals surface area contributed by atoms with Crippen LogP contribution < -0.4 is 5.73 Å². The smallest absolute Gasteiger partial charge is 0.236 e. The molecule has 0 aromatic heterocycles. The lowest BCUT2D eigenvalue weighted by atomic mass is 9.96. The van der Waals surface area contributed by atoms with Crippen LogP contribution in [0.3, 0.4) is 0 Å². The number of carbonyl (C=O) groups is 1. The molecule has 1 saturated heterocycles. The molecule has 0 bridgehead atoms. The lowest BCUT2D eigenvalue weighted by Crippen LogP contribution is -2.44. The minimum atomic E-state index is -0.681. The summed E-state index contributed by atoms with van der Waals surface area (Å²) >= 11 is 0. The highest BCUT2D eigenvalue weighted by Crippen LogP contribution is 2.47. The van der Waals surface area contributed by atoms with Gasteiger partial charge in [0.1, 0.15) is 5.41 Å². The monoisotopic (exact) mass is 267 g/mol. The fourth-order valence-electron chi connectivity index (χ4n) is 3.17. The van der Waals surface area contributed by atoms with Gasteiger partial charge in [-0.25, -0.2) is 0 Å². The van der Waals surface area contributed by atoms with Crippen molar-refractivity contribution in [1.82, 2.24) is 4.90 Å². The van der Waals surface area contributed by atoms with E-state index in [1.165, 1.54) is 19.3 Å². The Kier molecular flexibility index (Phi) is 4.32. The second kappa shape index (κ2) is 5.80. The zero-order valence-corrected chi connectivity index (χ0v) is 11.8. The lowest BCUT2D eigenvalue weighted by Gasteiger charge is -2.25. The van der Waals surface area contributed by atoms with E-state index < -0.39 is 5.41 Å². The summed E-state index contributed by atoms with van der Waals surface area (Å²) in [7, 11) is 0. The van der Waals surface area contributed by atoms with E-state index in [1.807, 2.05) is 4.90 Å². The zero-order valence-electron chi connectivity index (χ0n) is 11.8. The molecule has 3 N–H and O–H groups in total. The molecular weight excluding hydrogens is 242 g/mol. The highest BCUT2D eigenvalue weighted by Gasteiger charge is 2.55. The van der Waals surface area contributed by atoms with Crippen molar-refractivity contribution in [3.63, 3.8) is 0 Å². The number of hydrogen-bond acceptors (Lipinski definition) is 3. The molecule has 2 aliphatic rings. The Morgan fingerprint density at radius 2 is 2.16 bits per heavy atom. The first-order chi connectivity index (χ1) is 9.14. The topological polar surface area (TPSA) is 78.9 Å². The van der Waals surface area contributed by atoms with E-state index in [-0.39, 0.29) is 11.7 Å². The van der Waals surface area contributed by atoms with Crippen molar-refractivity contribution >= 4 is 11.7 Å². The second-order valence-electron chi connectivity index (χ2n) is 5.95. The Labute approximate surface area is 114 Å². The van der Waals surface area contributed by atoms with E-state index in [4.69, 9.17) is 10.9 Å². The summed E-state index contributed by atoms with van der Waals surface area (Å²) < 4.78 is 0. The molecule has 2 fully saturated rings. The zero-order chi connectivity index (χ0) is 13.9. The van der Waals surface area contributed by atoms with Crippen LogP contribution in [0, 0.1) is 11.3 Å². The maximum absolute atomic E-state index is 12.6. The minimum absolute atomic E-state index is 0.0694.